The Labute approximate surface area is 104 Å². The summed E-state index contributed by atoms with van der Waals surface area (Å²) in [6.45, 7) is 11.8. The molecule has 0 radical (unpaired) electrons. The van der Waals surface area contributed by atoms with Crippen molar-refractivity contribution in [2.45, 2.75) is 86.0 Å². The van der Waals surface area contributed by atoms with Gasteiger partial charge in [-0.2, -0.15) is 0 Å². The third-order valence-corrected chi connectivity index (χ3v) is 3.73. The molecule has 0 nitrogen and oxygen atoms in total. The predicted octanol–water partition coefficient (Wildman–Crippen LogP) is 6.06. The Bertz CT molecular complexity index is 135. The van der Waals surface area contributed by atoms with Crippen LogP contribution < -0.4 is 0 Å². The summed E-state index contributed by atoms with van der Waals surface area (Å²) < 4.78 is 0. The summed E-state index contributed by atoms with van der Waals surface area (Å²) in [5, 5.41) is 0. The van der Waals surface area contributed by atoms with E-state index in [-0.39, 0.29) is 0 Å². The van der Waals surface area contributed by atoms with E-state index in [1.54, 1.807) is 0 Å². The molecule has 0 aliphatic carbocycles. The van der Waals surface area contributed by atoms with Crippen LogP contribution in [0.3, 0.4) is 0 Å². The number of hydrogen-bond donors (Lipinski definition) is 0. The third-order valence-electron chi connectivity index (χ3n) is 3.73. The monoisotopic (exact) mass is 226 g/mol. The van der Waals surface area contributed by atoms with Gasteiger partial charge in [0.25, 0.3) is 0 Å². The summed E-state index contributed by atoms with van der Waals surface area (Å²) in [6.07, 6.45) is 11.5. The molecular formula is C16H34. The van der Waals surface area contributed by atoms with Crippen LogP contribution in [0.5, 0.6) is 0 Å². The zero-order valence-corrected chi connectivity index (χ0v) is 12.4. The maximum atomic E-state index is 2.40. The van der Waals surface area contributed by atoms with Crippen molar-refractivity contribution in [2.75, 3.05) is 0 Å². The van der Waals surface area contributed by atoms with E-state index in [2.05, 4.69) is 34.6 Å². The summed E-state index contributed by atoms with van der Waals surface area (Å²) in [5.74, 6) is 2.76. The van der Waals surface area contributed by atoms with Gasteiger partial charge < -0.3 is 0 Å². The molecule has 1 atom stereocenters. The maximum Gasteiger partial charge on any atom is -0.0391 e. The van der Waals surface area contributed by atoms with Crippen LogP contribution in [0.1, 0.15) is 86.0 Å². The summed E-state index contributed by atoms with van der Waals surface area (Å²) in [4.78, 5) is 0. The maximum absolute atomic E-state index is 2.40. The zero-order chi connectivity index (χ0) is 12.4. The number of hydrogen-bond acceptors (Lipinski definition) is 0. The van der Waals surface area contributed by atoms with Gasteiger partial charge in [0.2, 0.25) is 0 Å². The Hall–Kier alpha value is 0. The van der Waals surface area contributed by atoms with Crippen molar-refractivity contribution in [3.8, 4) is 0 Å². The van der Waals surface area contributed by atoms with E-state index in [9.17, 15) is 0 Å². The van der Waals surface area contributed by atoms with Gasteiger partial charge in [0, 0.05) is 0 Å². The fraction of sp³-hybridized carbons (Fsp3) is 1.00. The Morgan fingerprint density at radius 2 is 1.19 bits per heavy atom. The molecule has 0 saturated heterocycles. The van der Waals surface area contributed by atoms with Crippen molar-refractivity contribution >= 4 is 0 Å². The molecule has 0 fully saturated rings. The second-order valence-electron chi connectivity index (χ2n) is 6.18. The van der Waals surface area contributed by atoms with Crippen LogP contribution in [-0.2, 0) is 0 Å². The molecule has 0 rings (SSSR count). The van der Waals surface area contributed by atoms with Crippen molar-refractivity contribution in [2.24, 2.45) is 17.8 Å². The van der Waals surface area contributed by atoms with Crippen LogP contribution in [-0.4, -0.2) is 0 Å². The highest BCUT2D eigenvalue weighted by Crippen LogP contribution is 2.25. The Morgan fingerprint density at radius 1 is 0.688 bits per heavy atom. The first kappa shape index (κ1) is 16.0. The van der Waals surface area contributed by atoms with Crippen molar-refractivity contribution in [1.29, 1.82) is 0 Å². The van der Waals surface area contributed by atoms with E-state index >= 15 is 0 Å². The smallest absolute Gasteiger partial charge is 0.0391 e. The van der Waals surface area contributed by atoms with E-state index < -0.39 is 0 Å². The van der Waals surface area contributed by atoms with E-state index in [1.807, 2.05) is 0 Å². The van der Waals surface area contributed by atoms with Gasteiger partial charge in [-0.3, -0.25) is 0 Å². The van der Waals surface area contributed by atoms with Gasteiger partial charge >= 0.3 is 0 Å². The number of unbranched alkanes of at least 4 members (excludes halogenated alkanes) is 3. The number of rotatable bonds is 10. The highest BCUT2D eigenvalue weighted by molar-refractivity contribution is 4.64. The minimum Gasteiger partial charge on any atom is -0.0654 e. The lowest BCUT2D eigenvalue weighted by atomic mass is 9.85. The Morgan fingerprint density at radius 3 is 1.62 bits per heavy atom. The molecule has 1 unspecified atom stereocenters. The standard InChI is InChI=1S/C16H34/c1-6-7-8-12-16(15(4)5)13-10-9-11-14(2)3/h14-16H,6-13H2,1-5H3. The van der Waals surface area contributed by atoms with Crippen LogP contribution in [0.15, 0.2) is 0 Å². The molecule has 0 aromatic rings. The van der Waals surface area contributed by atoms with Gasteiger partial charge in [-0.15, -0.1) is 0 Å². The topological polar surface area (TPSA) is 0 Å². The summed E-state index contributed by atoms with van der Waals surface area (Å²) in [7, 11) is 0. The summed E-state index contributed by atoms with van der Waals surface area (Å²) in [5.41, 5.74) is 0. The molecule has 0 aliphatic heterocycles. The average Bonchev–Trinajstić information content (AvgIpc) is 2.21. The van der Waals surface area contributed by atoms with Crippen molar-refractivity contribution in [3.05, 3.63) is 0 Å². The molecule has 0 bridgehead atoms. The van der Waals surface area contributed by atoms with Gasteiger partial charge in [-0.1, -0.05) is 86.0 Å². The fourth-order valence-electron chi connectivity index (χ4n) is 2.43. The Balaban J connectivity index is 3.60. The second kappa shape index (κ2) is 10.2. The molecule has 0 aliphatic rings. The molecule has 0 aromatic carbocycles. The van der Waals surface area contributed by atoms with Crippen molar-refractivity contribution < 1.29 is 0 Å². The third kappa shape index (κ3) is 9.24. The molecule has 16 heavy (non-hydrogen) atoms. The van der Waals surface area contributed by atoms with E-state index in [1.165, 1.54) is 51.4 Å². The molecule has 0 heterocycles. The summed E-state index contributed by atoms with van der Waals surface area (Å²) in [6, 6.07) is 0. The van der Waals surface area contributed by atoms with Gasteiger partial charge in [-0.05, 0) is 17.8 Å². The second-order valence-corrected chi connectivity index (χ2v) is 6.18. The Kier molecular flexibility index (Phi) is 10.2. The molecule has 0 saturated carbocycles. The van der Waals surface area contributed by atoms with Crippen LogP contribution in [0.25, 0.3) is 0 Å². The minimum atomic E-state index is 0.885. The predicted molar refractivity (Wildman–Crippen MR) is 75.8 cm³/mol. The van der Waals surface area contributed by atoms with Gasteiger partial charge in [-0.25, -0.2) is 0 Å². The molecule has 0 N–H and O–H groups in total. The first-order valence-corrected chi connectivity index (χ1v) is 7.57. The van der Waals surface area contributed by atoms with E-state index in [4.69, 9.17) is 0 Å². The van der Waals surface area contributed by atoms with Gasteiger partial charge in [0.15, 0.2) is 0 Å². The van der Waals surface area contributed by atoms with Gasteiger partial charge in [0.05, 0.1) is 0 Å². The molecular weight excluding hydrogens is 192 g/mol. The zero-order valence-electron chi connectivity index (χ0n) is 12.4. The lowest BCUT2D eigenvalue weighted by Gasteiger charge is -2.20. The van der Waals surface area contributed by atoms with Crippen LogP contribution in [0, 0.1) is 17.8 Å². The minimum absolute atomic E-state index is 0.885. The highest BCUT2D eigenvalue weighted by Gasteiger charge is 2.12. The lowest BCUT2D eigenvalue weighted by molar-refractivity contribution is 0.312. The fourth-order valence-corrected chi connectivity index (χ4v) is 2.43. The highest BCUT2D eigenvalue weighted by atomic mass is 14.2. The van der Waals surface area contributed by atoms with Crippen molar-refractivity contribution in [3.63, 3.8) is 0 Å². The van der Waals surface area contributed by atoms with Crippen LogP contribution in [0.4, 0.5) is 0 Å². The molecule has 0 amide bonds. The average molecular weight is 226 g/mol. The SMILES string of the molecule is CCCCCC(CCCCC(C)C)C(C)C. The van der Waals surface area contributed by atoms with Crippen LogP contribution in [0.2, 0.25) is 0 Å². The first-order chi connectivity index (χ1) is 7.57. The first-order valence-electron chi connectivity index (χ1n) is 7.57. The lowest BCUT2D eigenvalue weighted by Crippen LogP contribution is -2.09. The molecule has 98 valence electrons. The largest absolute Gasteiger partial charge is 0.0654 e. The van der Waals surface area contributed by atoms with E-state index in [0.717, 1.165) is 17.8 Å². The summed E-state index contributed by atoms with van der Waals surface area (Å²) >= 11 is 0. The van der Waals surface area contributed by atoms with Gasteiger partial charge in [0.1, 0.15) is 0 Å². The van der Waals surface area contributed by atoms with Crippen LogP contribution >= 0.6 is 0 Å². The molecule has 0 heteroatoms. The molecule has 0 spiro atoms. The quantitative estimate of drug-likeness (QED) is 0.397. The van der Waals surface area contributed by atoms with E-state index in [0.29, 0.717) is 0 Å². The molecule has 0 aromatic heterocycles. The normalized spacial score (nSPS) is 13.7. The van der Waals surface area contributed by atoms with Crippen molar-refractivity contribution in [1.82, 2.24) is 0 Å².